The van der Waals surface area contributed by atoms with Gasteiger partial charge in [0, 0.05) is 48.3 Å². The van der Waals surface area contributed by atoms with Gasteiger partial charge in [0.25, 0.3) is 0 Å². The Morgan fingerprint density at radius 1 is 0.656 bits per heavy atom. The van der Waals surface area contributed by atoms with Gasteiger partial charge in [-0.15, -0.1) is 0 Å². The Kier molecular flexibility index (Phi) is 8.04. The predicted molar refractivity (Wildman–Crippen MR) is 267 cm³/mol. The Bertz CT molecular complexity index is 3420. The highest BCUT2D eigenvalue weighted by Crippen LogP contribution is 2.56. The second-order valence-electron chi connectivity index (χ2n) is 20.6. The maximum atomic E-state index is 9.75. The molecule has 2 atom stereocenters. The van der Waals surface area contributed by atoms with Crippen LogP contribution in [-0.2, 0) is 27.5 Å². The van der Waals surface area contributed by atoms with Crippen LogP contribution in [-0.4, -0.2) is 21.0 Å². The zero-order valence-corrected chi connectivity index (χ0v) is 39.2. The van der Waals surface area contributed by atoms with Crippen LogP contribution in [0.15, 0.2) is 126 Å². The normalized spacial score (nSPS) is 20.9. The van der Waals surface area contributed by atoms with Crippen LogP contribution in [0.3, 0.4) is 0 Å². The van der Waals surface area contributed by atoms with Crippen LogP contribution in [0.5, 0.6) is 0 Å². The lowest BCUT2D eigenvalue weighted by atomic mass is 9.73. The Hall–Kier alpha value is -6.46. The van der Waals surface area contributed by atoms with Crippen molar-refractivity contribution in [1.82, 2.24) is 9.55 Å². The minimum Gasteiger partial charge on any atom is -0.464 e. The minimum atomic E-state index is -1.78. The molecule has 3 aliphatic rings. The molecule has 0 amide bonds. The highest BCUT2D eigenvalue weighted by Gasteiger charge is 2.59. The number of para-hydroxylation sites is 1. The van der Waals surface area contributed by atoms with Crippen molar-refractivity contribution in [3.63, 3.8) is 0 Å². The second-order valence-corrected chi connectivity index (χ2v) is 20.6. The van der Waals surface area contributed by atoms with Gasteiger partial charge in [0.2, 0.25) is 5.90 Å². The summed E-state index contributed by atoms with van der Waals surface area (Å²) in [6.07, 6.45) is 0.170. The third kappa shape index (κ3) is 5.68. The van der Waals surface area contributed by atoms with E-state index in [1.165, 1.54) is 44.2 Å². The number of nitrogens with zero attached hydrogens (tertiary/aromatic N) is 4. The van der Waals surface area contributed by atoms with E-state index in [0.29, 0.717) is 11.5 Å². The monoisotopic (exact) mass is 840 g/mol. The fourth-order valence-electron chi connectivity index (χ4n) is 11.0. The highest BCUT2D eigenvalue weighted by molar-refractivity contribution is 6.12. The average Bonchev–Trinajstić information content (AvgIpc) is 3.78. The Morgan fingerprint density at radius 3 is 2.16 bits per heavy atom. The van der Waals surface area contributed by atoms with Crippen molar-refractivity contribution in [1.29, 1.82) is 0 Å². The summed E-state index contributed by atoms with van der Waals surface area (Å²) in [5.74, 6) is 1.34. The van der Waals surface area contributed by atoms with Gasteiger partial charge in [0.05, 0.1) is 22.4 Å². The topological polar surface area (TPSA) is 42.6 Å². The summed E-state index contributed by atoms with van der Waals surface area (Å²) < 4.78 is 29.0. The zero-order chi connectivity index (χ0) is 46.6. The SMILES string of the molecule is [2H]C1([2H])c2c(ccc(C)c2C)[C@]2(C)OC(c3cc(-c4c(C)cccc4C)cc(N4c5ccccc5C(C)(C)c5cc6c7cc(C)ccc7n(-c7cc(C(C)(C)C)ccn7)c6cc54)c3)=N[C@]12C. The Morgan fingerprint density at radius 2 is 1.39 bits per heavy atom. The summed E-state index contributed by atoms with van der Waals surface area (Å²) >= 11 is 0. The van der Waals surface area contributed by atoms with Crippen LogP contribution >= 0.6 is 0 Å². The largest absolute Gasteiger partial charge is 0.464 e. The van der Waals surface area contributed by atoms with Crippen molar-refractivity contribution in [2.45, 2.75) is 111 Å². The van der Waals surface area contributed by atoms with Crippen LogP contribution in [0.25, 0.3) is 38.8 Å². The molecule has 0 saturated heterocycles. The van der Waals surface area contributed by atoms with Crippen molar-refractivity contribution in [3.8, 4) is 16.9 Å². The van der Waals surface area contributed by atoms with Crippen LogP contribution in [0.1, 0.15) is 112 Å². The molecule has 0 spiro atoms. The molecule has 64 heavy (non-hydrogen) atoms. The summed E-state index contributed by atoms with van der Waals surface area (Å²) in [5.41, 5.74) is 16.6. The van der Waals surface area contributed by atoms with Crippen LogP contribution in [0, 0.1) is 34.6 Å². The van der Waals surface area contributed by atoms with E-state index in [-0.39, 0.29) is 10.8 Å². The number of aryl methyl sites for hydroxylation is 4. The molecule has 11 rings (SSSR count). The number of pyridine rings is 1. The van der Waals surface area contributed by atoms with Crippen molar-refractivity contribution >= 4 is 44.8 Å². The molecule has 0 saturated carbocycles. The van der Waals surface area contributed by atoms with Crippen LogP contribution < -0.4 is 4.90 Å². The molecule has 4 heterocycles. The first-order valence-electron chi connectivity index (χ1n) is 23.7. The summed E-state index contributed by atoms with van der Waals surface area (Å²) in [6, 6.07) is 42.1. The lowest BCUT2D eigenvalue weighted by Crippen LogP contribution is -2.40. The third-order valence-corrected chi connectivity index (χ3v) is 15.0. The van der Waals surface area contributed by atoms with E-state index in [9.17, 15) is 2.74 Å². The number of benzene rings is 6. The first-order chi connectivity index (χ1) is 31.2. The first-order valence-corrected chi connectivity index (χ1v) is 22.7. The van der Waals surface area contributed by atoms with Gasteiger partial charge in [-0.25, -0.2) is 9.98 Å². The van der Waals surface area contributed by atoms with E-state index in [2.05, 4.69) is 180 Å². The summed E-state index contributed by atoms with van der Waals surface area (Å²) in [4.78, 5) is 12.9. The number of rotatable bonds is 4. The Balaban J connectivity index is 1.20. The molecule has 320 valence electrons. The smallest absolute Gasteiger partial charge is 0.217 e. The zero-order valence-electron chi connectivity index (χ0n) is 41.2. The number of aromatic nitrogens is 2. The van der Waals surface area contributed by atoms with Gasteiger partial charge in [0.1, 0.15) is 11.4 Å². The first kappa shape index (κ1) is 38.0. The molecular weight excluding hydrogens is 781 g/mol. The average molecular weight is 841 g/mol. The minimum absolute atomic E-state index is 0.0556. The number of fused-ring (bicyclic) bond motifs is 8. The summed E-state index contributed by atoms with van der Waals surface area (Å²) in [6.45, 7) is 26.0. The lowest BCUT2D eigenvalue weighted by Gasteiger charge is -2.42. The van der Waals surface area contributed by atoms with Gasteiger partial charge in [-0.2, -0.15) is 0 Å². The van der Waals surface area contributed by atoms with Gasteiger partial charge in [-0.3, -0.25) is 4.57 Å². The molecule has 0 N–H and O–H groups in total. The van der Waals surface area contributed by atoms with Crippen LogP contribution in [0.2, 0.25) is 0 Å². The number of hydrogen-bond donors (Lipinski definition) is 0. The number of ether oxygens (including phenoxy) is 1. The lowest BCUT2D eigenvalue weighted by molar-refractivity contribution is 0.0451. The van der Waals surface area contributed by atoms with E-state index >= 15 is 0 Å². The molecule has 0 radical (unpaired) electrons. The van der Waals surface area contributed by atoms with Crippen molar-refractivity contribution in [2.75, 3.05) is 4.90 Å². The van der Waals surface area contributed by atoms with Gasteiger partial charge in [-0.1, -0.05) is 94.8 Å². The van der Waals surface area contributed by atoms with Crippen molar-refractivity contribution in [3.05, 3.63) is 183 Å². The highest BCUT2D eigenvalue weighted by atomic mass is 16.5. The second kappa shape index (κ2) is 13.5. The molecule has 0 bridgehead atoms. The standard InChI is InChI=1S/C59H58N4O/c1-34-20-23-49-43(26-34)44-31-48-52(32-51(44)63(49)53-30-41(24-25-60-53)56(6,7)8)62(50-19-14-13-18-47(50)57(48,9)10)42-28-39(54-36(3)16-15-17-37(54)4)27-40(29-42)55-61-58(11)33-45-38(5)35(2)21-22-46(45)59(58,12)64-55/h13-32H,33H2,1-12H3/t58-,59+/m1/s1/i33D2. The maximum absolute atomic E-state index is 9.75. The van der Waals surface area contributed by atoms with E-state index in [0.717, 1.165) is 67.3 Å². The van der Waals surface area contributed by atoms with Gasteiger partial charge >= 0.3 is 0 Å². The van der Waals surface area contributed by atoms with Crippen molar-refractivity contribution in [2.24, 2.45) is 4.99 Å². The van der Waals surface area contributed by atoms with E-state index in [4.69, 9.17) is 14.7 Å². The number of anilines is 3. The predicted octanol–water partition coefficient (Wildman–Crippen LogP) is 14.8. The fourth-order valence-corrected chi connectivity index (χ4v) is 11.0. The molecule has 1 aliphatic carbocycles. The summed E-state index contributed by atoms with van der Waals surface area (Å²) in [7, 11) is 0. The molecule has 6 aromatic carbocycles. The molecular formula is C59H58N4O. The molecule has 5 heteroatoms. The van der Waals surface area contributed by atoms with E-state index in [1.807, 2.05) is 33.9 Å². The Labute approximate surface area is 381 Å². The molecule has 0 unspecified atom stereocenters. The molecule has 2 aromatic heterocycles. The summed E-state index contributed by atoms with van der Waals surface area (Å²) in [5, 5.41) is 2.39. The third-order valence-electron chi connectivity index (χ3n) is 15.0. The quantitative estimate of drug-likeness (QED) is 0.177. The van der Waals surface area contributed by atoms with Crippen molar-refractivity contribution < 1.29 is 7.48 Å². The number of aliphatic imine (C=N–C) groups is 1. The fraction of sp³-hybridized carbons (Fsp3) is 0.288. The molecule has 5 nitrogen and oxygen atoms in total. The van der Waals surface area contributed by atoms with Crippen LogP contribution in [0.4, 0.5) is 17.1 Å². The van der Waals surface area contributed by atoms with Gasteiger partial charge < -0.3 is 9.64 Å². The maximum Gasteiger partial charge on any atom is 0.217 e. The number of hydrogen-bond acceptors (Lipinski definition) is 4. The van der Waals surface area contributed by atoms with Gasteiger partial charge in [-0.05, 0) is 170 Å². The molecule has 2 aliphatic heterocycles. The van der Waals surface area contributed by atoms with E-state index in [1.54, 1.807) is 0 Å². The molecule has 0 fully saturated rings. The van der Waals surface area contributed by atoms with E-state index < -0.39 is 17.5 Å². The molecule has 8 aromatic rings. The van der Waals surface area contributed by atoms with Gasteiger partial charge in [0.15, 0.2) is 5.60 Å².